The lowest BCUT2D eigenvalue weighted by atomic mass is 10.3. The number of hydrogen-bond donors (Lipinski definition) is 1. The summed E-state index contributed by atoms with van der Waals surface area (Å²) < 4.78 is 3.79. The van der Waals surface area contributed by atoms with Crippen molar-refractivity contribution in [3.63, 3.8) is 0 Å². The summed E-state index contributed by atoms with van der Waals surface area (Å²) >= 11 is 0. The molecule has 2 aromatic heterocycles. The highest BCUT2D eigenvalue weighted by Gasteiger charge is 2.16. The number of carbonyl (C=O) groups is 1. The maximum absolute atomic E-state index is 11.9. The zero-order chi connectivity index (χ0) is 15.6. The number of amides is 1. The van der Waals surface area contributed by atoms with E-state index in [-0.39, 0.29) is 18.6 Å². The van der Waals surface area contributed by atoms with Gasteiger partial charge in [0.2, 0.25) is 5.91 Å². The molecule has 21 heavy (non-hydrogen) atoms. The van der Waals surface area contributed by atoms with Crippen LogP contribution < -0.4 is 0 Å². The first-order chi connectivity index (χ1) is 9.95. The van der Waals surface area contributed by atoms with Crippen LogP contribution in [0.4, 0.5) is 0 Å². The van der Waals surface area contributed by atoms with Gasteiger partial charge in [0.1, 0.15) is 11.0 Å². The minimum absolute atomic E-state index is 0.00149. The van der Waals surface area contributed by atoms with E-state index in [2.05, 4.69) is 24.0 Å². The van der Waals surface area contributed by atoms with Crippen molar-refractivity contribution in [1.82, 2.24) is 24.5 Å². The van der Waals surface area contributed by atoms with Crippen molar-refractivity contribution < 1.29 is 9.90 Å². The van der Waals surface area contributed by atoms with E-state index in [4.69, 9.17) is 5.11 Å². The number of rotatable bonds is 6. The third-order valence-electron chi connectivity index (χ3n) is 3.56. The predicted molar refractivity (Wildman–Crippen MR) is 80.0 cm³/mol. The summed E-state index contributed by atoms with van der Waals surface area (Å²) in [5.74, 6) is 0.00149. The molecule has 1 amide bonds. The molecule has 0 aliphatic rings. The number of fused-ring (bicyclic) bond motifs is 1. The normalized spacial score (nSPS) is 11.5. The number of likely N-dealkylation sites (N-methyl/N-ethyl adjacent to an activating group) is 1. The van der Waals surface area contributed by atoms with Gasteiger partial charge in [-0.1, -0.05) is 0 Å². The lowest BCUT2D eigenvalue weighted by Crippen LogP contribution is -2.30. The van der Waals surface area contributed by atoms with Crippen LogP contribution in [0.5, 0.6) is 0 Å². The number of aryl methyl sites for hydroxylation is 2. The van der Waals surface area contributed by atoms with Crippen molar-refractivity contribution in [1.29, 1.82) is 0 Å². The summed E-state index contributed by atoms with van der Waals surface area (Å²) in [6, 6.07) is 0.274. The second-order valence-corrected chi connectivity index (χ2v) is 5.51. The standard InChI is InChI=1S/C14H23N5O2/c1-10(2)19-12-9-15-18(14(12)11(3)16-19)6-5-13(21)17(4)7-8-20/h9-10,20H,5-8H2,1-4H3. The Morgan fingerprint density at radius 1 is 1.48 bits per heavy atom. The van der Waals surface area contributed by atoms with Crippen molar-refractivity contribution in [2.75, 3.05) is 20.2 Å². The van der Waals surface area contributed by atoms with E-state index in [1.165, 1.54) is 4.90 Å². The van der Waals surface area contributed by atoms with Gasteiger partial charge in [0.25, 0.3) is 0 Å². The molecule has 0 atom stereocenters. The molecule has 0 aliphatic heterocycles. The van der Waals surface area contributed by atoms with Crippen molar-refractivity contribution in [3.05, 3.63) is 11.9 Å². The Morgan fingerprint density at radius 3 is 2.81 bits per heavy atom. The second kappa shape index (κ2) is 6.26. The maximum atomic E-state index is 11.9. The van der Waals surface area contributed by atoms with Crippen LogP contribution in [-0.4, -0.2) is 55.7 Å². The fourth-order valence-corrected chi connectivity index (χ4v) is 2.41. The highest BCUT2D eigenvalue weighted by molar-refractivity contribution is 5.79. The molecule has 0 radical (unpaired) electrons. The Hall–Kier alpha value is -1.89. The van der Waals surface area contributed by atoms with Gasteiger partial charge in [0.05, 0.1) is 25.0 Å². The zero-order valence-electron chi connectivity index (χ0n) is 13.1. The van der Waals surface area contributed by atoms with Crippen LogP contribution in [0.15, 0.2) is 6.20 Å². The summed E-state index contributed by atoms with van der Waals surface area (Å²) in [7, 11) is 1.69. The van der Waals surface area contributed by atoms with Gasteiger partial charge >= 0.3 is 0 Å². The van der Waals surface area contributed by atoms with Crippen LogP contribution in [0.3, 0.4) is 0 Å². The maximum Gasteiger partial charge on any atom is 0.224 e. The molecule has 7 nitrogen and oxygen atoms in total. The molecular weight excluding hydrogens is 270 g/mol. The van der Waals surface area contributed by atoms with Crippen LogP contribution in [0, 0.1) is 6.92 Å². The topological polar surface area (TPSA) is 76.2 Å². The summed E-state index contributed by atoms with van der Waals surface area (Å²) in [6.45, 7) is 6.97. The molecule has 0 aromatic carbocycles. The summed E-state index contributed by atoms with van der Waals surface area (Å²) in [5.41, 5.74) is 2.91. The van der Waals surface area contributed by atoms with Gasteiger partial charge in [0, 0.05) is 26.1 Å². The number of hydrogen-bond acceptors (Lipinski definition) is 4. The van der Waals surface area contributed by atoms with Crippen molar-refractivity contribution in [2.45, 2.75) is 39.8 Å². The molecule has 0 bridgehead atoms. The summed E-state index contributed by atoms with van der Waals surface area (Å²) in [5, 5.41) is 17.7. The molecule has 0 spiro atoms. The number of aliphatic hydroxyl groups is 1. The van der Waals surface area contributed by atoms with Gasteiger partial charge in [-0.15, -0.1) is 0 Å². The molecule has 2 heterocycles. The minimum Gasteiger partial charge on any atom is -0.395 e. The molecule has 0 saturated carbocycles. The number of aliphatic hydroxyl groups excluding tert-OH is 1. The predicted octanol–water partition coefficient (Wildman–Crippen LogP) is 0.963. The fraction of sp³-hybridized carbons (Fsp3) is 0.643. The quantitative estimate of drug-likeness (QED) is 0.861. The third-order valence-corrected chi connectivity index (χ3v) is 3.56. The Kier molecular flexibility index (Phi) is 4.62. The van der Waals surface area contributed by atoms with Gasteiger partial charge in [-0.25, -0.2) is 0 Å². The van der Waals surface area contributed by atoms with E-state index in [0.29, 0.717) is 19.5 Å². The Bertz CT molecular complexity index is 629. The van der Waals surface area contributed by atoms with Crippen molar-refractivity contribution in [3.8, 4) is 0 Å². The van der Waals surface area contributed by atoms with E-state index >= 15 is 0 Å². The average Bonchev–Trinajstić information content (AvgIpc) is 2.98. The van der Waals surface area contributed by atoms with E-state index in [1.54, 1.807) is 13.2 Å². The number of aromatic nitrogens is 4. The lowest BCUT2D eigenvalue weighted by molar-refractivity contribution is -0.130. The highest BCUT2D eigenvalue weighted by Crippen LogP contribution is 2.21. The Balaban J connectivity index is 2.15. The van der Waals surface area contributed by atoms with E-state index < -0.39 is 0 Å². The SMILES string of the molecule is Cc1nn(C(C)C)c2cnn(CCC(=O)N(C)CCO)c12. The molecule has 0 aliphatic carbocycles. The van der Waals surface area contributed by atoms with E-state index in [9.17, 15) is 4.79 Å². The first kappa shape index (κ1) is 15.5. The molecule has 116 valence electrons. The molecule has 7 heteroatoms. The van der Waals surface area contributed by atoms with Crippen LogP contribution in [0.1, 0.15) is 32.0 Å². The van der Waals surface area contributed by atoms with Gasteiger partial charge in [0.15, 0.2) is 0 Å². The van der Waals surface area contributed by atoms with Crippen molar-refractivity contribution >= 4 is 16.9 Å². The summed E-state index contributed by atoms with van der Waals surface area (Å²) in [6.07, 6.45) is 2.16. The number of carbonyl (C=O) groups excluding carboxylic acids is 1. The first-order valence-electron chi connectivity index (χ1n) is 7.21. The zero-order valence-corrected chi connectivity index (χ0v) is 13.1. The number of nitrogens with zero attached hydrogens (tertiary/aromatic N) is 5. The molecule has 0 unspecified atom stereocenters. The molecule has 2 rings (SSSR count). The Morgan fingerprint density at radius 2 is 2.19 bits per heavy atom. The monoisotopic (exact) mass is 293 g/mol. The molecule has 0 saturated heterocycles. The van der Waals surface area contributed by atoms with Crippen LogP contribution in [-0.2, 0) is 11.3 Å². The molecule has 2 aromatic rings. The third kappa shape index (κ3) is 3.07. The Labute approximate surface area is 124 Å². The van der Waals surface area contributed by atoms with Crippen LogP contribution >= 0.6 is 0 Å². The average molecular weight is 293 g/mol. The largest absolute Gasteiger partial charge is 0.395 e. The van der Waals surface area contributed by atoms with Crippen molar-refractivity contribution in [2.24, 2.45) is 0 Å². The molecule has 1 N–H and O–H groups in total. The van der Waals surface area contributed by atoms with Gasteiger partial charge in [-0.05, 0) is 20.8 Å². The van der Waals surface area contributed by atoms with Crippen LogP contribution in [0.2, 0.25) is 0 Å². The van der Waals surface area contributed by atoms with Gasteiger partial charge in [-0.3, -0.25) is 14.2 Å². The highest BCUT2D eigenvalue weighted by atomic mass is 16.3. The van der Waals surface area contributed by atoms with Gasteiger partial charge in [-0.2, -0.15) is 10.2 Å². The lowest BCUT2D eigenvalue weighted by Gasteiger charge is -2.15. The molecular formula is C14H23N5O2. The second-order valence-electron chi connectivity index (χ2n) is 5.51. The van der Waals surface area contributed by atoms with Gasteiger partial charge < -0.3 is 10.0 Å². The van der Waals surface area contributed by atoms with E-state index in [1.807, 2.05) is 16.3 Å². The van der Waals surface area contributed by atoms with E-state index in [0.717, 1.165) is 16.7 Å². The molecule has 0 fully saturated rings. The smallest absolute Gasteiger partial charge is 0.224 e. The first-order valence-corrected chi connectivity index (χ1v) is 7.21. The summed E-state index contributed by atoms with van der Waals surface area (Å²) in [4.78, 5) is 13.4. The fourth-order valence-electron chi connectivity index (χ4n) is 2.41. The minimum atomic E-state index is -0.0193. The van der Waals surface area contributed by atoms with Crippen LogP contribution in [0.25, 0.3) is 11.0 Å².